The van der Waals surface area contributed by atoms with Crippen molar-refractivity contribution >= 4 is 15.8 Å². The summed E-state index contributed by atoms with van der Waals surface area (Å²) in [6.45, 7) is 3.55. The second-order valence-electron chi connectivity index (χ2n) is 2.29. The van der Waals surface area contributed by atoms with Crippen LogP contribution >= 0.6 is 0 Å². The topological polar surface area (TPSA) is 101 Å². The van der Waals surface area contributed by atoms with Crippen LogP contribution in [0.5, 0.6) is 0 Å². The summed E-state index contributed by atoms with van der Waals surface area (Å²) in [5.74, 6) is 0.0246. The van der Waals surface area contributed by atoms with Gasteiger partial charge in [0.1, 0.15) is 10.7 Å². The highest BCUT2D eigenvalue weighted by Crippen LogP contribution is 2.12. The fourth-order valence-corrected chi connectivity index (χ4v) is 1.77. The fraction of sp³-hybridized carbons (Fsp3) is 0.167. The molecule has 7 heteroatoms. The molecule has 1 aromatic rings. The second kappa shape index (κ2) is 3.58. The number of rotatable bonds is 4. The molecule has 0 aliphatic carbocycles. The number of nitrogens with two attached hydrogens (primary N) is 1. The molecule has 0 aliphatic rings. The molecule has 0 aromatic carbocycles. The molecule has 1 rings (SSSR count). The number of anilines is 1. The van der Waals surface area contributed by atoms with Crippen LogP contribution in [0.4, 0.5) is 5.82 Å². The van der Waals surface area contributed by atoms with Gasteiger partial charge in [0.05, 0.1) is 6.20 Å². The van der Waals surface area contributed by atoms with E-state index in [1.54, 1.807) is 0 Å². The Morgan fingerprint density at radius 1 is 1.77 bits per heavy atom. The number of aromatic amines is 1. The normalized spacial score (nSPS) is 11.4. The van der Waals surface area contributed by atoms with E-state index in [0.29, 0.717) is 0 Å². The van der Waals surface area contributed by atoms with Crippen molar-refractivity contribution in [3.8, 4) is 0 Å². The molecule has 0 saturated heterocycles. The molecule has 13 heavy (non-hydrogen) atoms. The van der Waals surface area contributed by atoms with Crippen LogP contribution in [0.15, 0.2) is 23.7 Å². The van der Waals surface area contributed by atoms with Gasteiger partial charge in [-0.2, -0.15) is 5.10 Å². The Kier molecular flexibility index (Phi) is 2.69. The number of hydrogen-bond donors (Lipinski definition) is 3. The minimum absolute atomic E-state index is 0.0246. The zero-order valence-corrected chi connectivity index (χ0v) is 7.63. The molecule has 72 valence electrons. The number of nitrogens with one attached hydrogen (secondary N) is 2. The second-order valence-corrected chi connectivity index (χ2v) is 4.02. The first-order valence-corrected chi connectivity index (χ1v) is 4.95. The van der Waals surface area contributed by atoms with Crippen LogP contribution < -0.4 is 10.5 Å². The van der Waals surface area contributed by atoms with E-state index in [1.807, 2.05) is 0 Å². The van der Waals surface area contributed by atoms with Crippen LogP contribution in [0.3, 0.4) is 0 Å². The van der Waals surface area contributed by atoms with Crippen molar-refractivity contribution in [1.82, 2.24) is 14.9 Å². The summed E-state index contributed by atoms with van der Waals surface area (Å²) in [6.07, 6.45) is 2.59. The molecule has 0 amide bonds. The summed E-state index contributed by atoms with van der Waals surface area (Å²) < 4.78 is 25.0. The molecule has 1 aromatic heterocycles. The predicted molar refractivity (Wildman–Crippen MR) is 48.4 cm³/mol. The van der Waals surface area contributed by atoms with E-state index in [0.717, 1.165) is 6.20 Å². The Balaban J connectivity index is 2.94. The van der Waals surface area contributed by atoms with Gasteiger partial charge in [0.15, 0.2) is 0 Å². The number of H-pyrrole nitrogens is 1. The first-order chi connectivity index (χ1) is 6.08. The Bertz CT molecular complexity index is 395. The first kappa shape index (κ1) is 9.75. The highest BCUT2D eigenvalue weighted by molar-refractivity contribution is 7.89. The number of hydrogen-bond acceptors (Lipinski definition) is 4. The molecule has 0 spiro atoms. The van der Waals surface area contributed by atoms with Crippen molar-refractivity contribution in [1.29, 1.82) is 0 Å². The maximum absolute atomic E-state index is 11.4. The number of sulfonamides is 1. The molecule has 1 heterocycles. The molecule has 0 saturated carbocycles. The van der Waals surface area contributed by atoms with Crippen LogP contribution in [0.25, 0.3) is 0 Å². The van der Waals surface area contributed by atoms with Crippen molar-refractivity contribution in [3.05, 3.63) is 18.9 Å². The van der Waals surface area contributed by atoms with Gasteiger partial charge in [0.25, 0.3) is 0 Å². The van der Waals surface area contributed by atoms with E-state index in [1.165, 1.54) is 6.08 Å². The first-order valence-electron chi connectivity index (χ1n) is 3.47. The van der Waals surface area contributed by atoms with Gasteiger partial charge in [-0.25, -0.2) is 13.1 Å². The molecular weight excluding hydrogens is 192 g/mol. The minimum Gasteiger partial charge on any atom is -0.383 e. The van der Waals surface area contributed by atoms with E-state index in [-0.39, 0.29) is 17.3 Å². The summed E-state index contributed by atoms with van der Waals surface area (Å²) >= 11 is 0. The highest BCUT2D eigenvalue weighted by atomic mass is 32.2. The molecular formula is C6H10N4O2S. The summed E-state index contributed by atoms with van der Waals surface area (Å²) in [7, 11) is -3.55. The van der Waals surface area contributed by atoms with Crippen LogP contribution in [-0.2, 0) is 10.0 Å². The van der Waals surface area contributed by atoms with Gasteiger partial charge in [0.2, 0.25) is 10.0 Å². The lowest BCUT2D eigenvalue weighted by Gasteiger charge is -2.01. The van der Waals surface area contributed by atoms with Gasteiger partial charge in [0, 0.05) is 6.54 Å². The third-order valence-electron chi connectivity index (χ3n) is 1.34. The van der Waals surface area contributed by atoms with Crippen molar-refractivity contribution in [2.24, 2.45) is 0 Å². The highest BCUT2D eigenvalue weighted by Gasteiger charge is 2.17. The Morgan fingerprint density at radius 3 is 2.92 bits per heavy atom. The Labute approximate surface area is 75.9 Å². The fourth-order valence-electron chi connectivity index (χ4n) is 0.746. The lowest BCUT2D eigenvalue weighted by molar-refractivity contribution is 0.586. The molecule has 0 aliphatic heterocycles. The minimum atomic E-state index is -3.55. The Hall–Kier alpha value is -1.34. The van der Waals surface area contributed by atoms with Crippen molar-refractivity contribution < 1.29 is 8.42 Å². The summed E-state index contributed by atoms with van der Waals surface area (Å²) in [4.78, 5) is -0.0469. The molecule has 0 bridgehead atoms. The lowest BCUT2D eigenvalue weighted by Crippen LogP contribution is -2.24. The molecule has 0 unspecified atom stereocenters. The van der Waals surface area contributed by atoms with Gasteiger partial charge in [-0.15, -0.1) is 6.58 Å². The van der Waals surface area contributed by atoms with Crippen molar-refractivity contribution in [3.63, 3.8) is 0 Å². The maximum atomic E-state index is 11.4. The largest absolute Gasteiger partial charge is 0.383 e. The van der Waals surface area contributed by atoms with E-state index < -0.39 is 10.0 Å². The average molecular weight is 202 g/mol. The number of aromatic nitrogens is 2. The van der Waals surface area contributed by atoms with E-state index >= 15 is 0 Å². The summed E-state index contributed by atoms with van der Waals surface area (Å²) in [5.41, 5.74) is 5.34. The van der Waals surface area contributed by atoms with E-state index in [9.17, 15) is 8.42 Å². The number of nitrogen functional groups attached to an aromatic ring is 1. The smallest absolute Gasteiger partial charge is 0.246 e. The maximum Gasteiger partial charge on any atom is 0.246 e. The lowest BCUT2D eigenvalue weighted by atomic mass is 10.7. The van der Waals surface area contributed by atoms with Gasteiger partial charge in [-0.05, 0) is 0 Å². The summed E-state index contributed by atoms with van der Waals surface area (Å²) in [5, 5.41) is 5.84. The van der Waals surface area contributed by atoms with Gasteiger partial charge in [-0.1, -0.05) is 6.08 Å². The molecule has 4 N–H and O–H groups in total. The number of nitrogens with zero attached hydrogens (tertiary/aromatic N) is 1. The van der Waals surface area contributed by atoms with Gasteiger partial charge < -0.3 is 5.73 Å². The summed E-state index contributed by atoms with van der Waals surface area (Å²) in [6, 6.07) is 0. The quantitative estimate of drug-likeness (QED) is 0.570. The van der Waals surface area contributed by atoms with Crippen LogP contribution in [0, 0.1) is 0 Å². The SMILES string of the molecule is C=CCNS(=O)(=O)c1cn[nH]c1N. The molecule has 6 nitrogen and oxygen atoms in total. The monoisotopic (exact) mass is 202 g/mol. The van der Waals surface area contributed by atoms with Gasteiger partial charge >= 0.3 is 0 Å². The third-order valence-corrected chi connectivity index (χ3v) is 2.79. The third kappa shape index (κ3) is 2.07. The van der Waals surface area contributed by atoms with E-state index in [4.69, 9.17) is 5.73 Å². The van der Waals surface area contributed by atoms with Crippen LogP contribution in [0.2, 0.25) is 0 Å². The standard InChI is InChI=1S/C6H10N4O2S/c1-2-3-9-13(11,12)5-4-8-10-6(5)7/h2,4,9H,1,3H2,(H3,7,8,10). The molecule has 0 radical (unpaired) electrons. The average Bonchev–Trinajstić information content (AvgIpc) is 2.48. The Morgan fingerprint density at radius 2 is 2.46 bits per heavy atom. The zero-order chi connectivity index (χ0) is 9.90. The van der Waals surface area contributed by atoms with Crippen LogP contribution in [0.1, 0.15) is 0 Å². The predicted octanol–water partition coefficient (Wildman–Crippen LogP) is -0.544. The zero-order valence-electron chi connectivity index (χ0n) is 6.82. The van der Waals surface area contributed by atoms with Gasteiger partial charge in [-0.3, -0.25) is 5.10 Å². The van der Waals surface area contributed by atoms with E-state index in [2.05, 4.69) is 21.5 Å². The van der Waals surface area contributed by atoms with Crippen LogP contribution in [-0.4, -0.2) is 25.2 Å². The molecule has 0 fully saturated rings. The van der Waals surface area contributed by atoms with Crippen molar-refractivity contribution in [2.75, 3.05) is 12.3 Å². The van der Waals surface area contributed by atoms with Crippen molar-refractivity contribution in [2.45, 2.75) is 4.90 Å². The molecule has 0 atom stereocenters.